The van der Waals surface area contributed by atoms with Gasteiger partial charge >= 0.3 is 0 Å². The van der Waals surface area contributed by atoms with Crippen LogP contribution >= 0.6 is 11.8 Å². The van der Waals surface area contributed by atoms with E-state index >= 15 is 0 Å². The van der Waals surface area contributed by atoms with Gasteiger partial charge in [0.25, 0.3) is 0 Å². The molecule has 2 aromatic heterocycles. The number of amides is 1. The fourth-order valence-corrected chi connectivity index (χ4v) is 4.45. The van der Waals surface area contributed by atoms with Gasteiger partial charge in [-0.2, -0.15) is 0 Å². The lowest BCUT2D eigenvalue weighted by atomic mass is 9.97. The Labute approximate surface area is 180 Å². The molecule has 2 heterocycles. The summed E-state index contributed by atoms with van der Waals surface area (Å²) in [4.78, 5) is 12.6. The average molecular weight is 423 g/mol. The van der Waals surface area contributed by atoms with Crippen LogP contribution in [0.1, 0.15) is 39.0 Å². The molecule has 0 radical (unpaired) electrons. The summed E-state index contributed by atoms with van der Waals surface area (Å²) in [6, 6.07) is 13.5. The summed E-state index contributed by atoms with van der Waals surface area (Å²) in [6.07, 6.45) is 9.76. The van der Waals surface area contributed by atoms with Crippen molar-refractivity contribution in [3.8, 4) is 17.3 Å². The summed E-state index contributed by atoms with van der Waals surface area (Å²) in [5, 5.41) is 12.1. The Kier molecular flexibility index (Phi) is 6.69. The summed E-state index contributed by atoms with van der Waals surface area (Å²) in [6.45, 7) is 2.58. The van der Waals surface area contributed by atoms with Crippen molar-refractivity contribution in [2.45, 2.75) is 49.4 Å². The zero-order valence-corrected chi connectivity index (χ0v) is 17.9. The molecule has 0 saturated heterocycles. The topological polar surface area (TPSA) is 73.0 Å². The lowest BCUT2D eigenvalue weighted by molar-refractivity contribution is -0.120. The number of rotatable bonds is 8. The molecule has 1 aromatic carbocycles. The van der Waals surface area contributed by atoms with E-state index in [-0.39, 0.29) is 11.2 Å². The first-order chi connectivity index (χ1) is 14.7. The molecule has 7 heteroatoms. The Morgan fingerprint density at radius 3 is 2.80 bits per heavy atom. The second-order valence-corrected chi connectivity index (χ2v) is 8.67. The Morgan fingerprint density at radius 1 is 1.20 bits per heavy atom. The van der Waals surface area contributed by atoms with Gasteiger partial charge in [0.2, 0.25) is 11.7 Å². The van der Waals surface area contributed by atoms with E-state index in [0.717, 1.165) is 18.5 Å². The first-order valence-corrected chi connectivity index (χ1v) is 11.3. The van der Waals surface area contributed by atoms with Crippen molar-refractivity contribution in [3.63, 3.8) is 0 Å². The van der Waals surface area contributed by atoms with Gasteiger partial charge in [0.05, 0.1) is 11.5 Å². The summed E-state index contributed by atoms with van der Waals surface area (Å²) in [7, 11) is 0. The van der Waals surface area contributed by atoms with Crippen molar-refractivity contribution in [2.75, 3.05) is 6.54 Å². The van der Waals surface area contributed by atoms with Crippen LogP contribution in [0.15, 0.2) is 70.0 Å². The molecule has 0 bridgehead atoms. The van der Waals surface area contributed by atoms with Crippen molar-refractivity contribution in [1.82, 2.24) is 20.1 Å². The number of carbonyl (C=O) groups is 1. The predicted octanol–water partition coefficient (Wildman–Crippen LogP) is 5.01. The van der Waals surface area contributed by atoms with Crippen LogP contribution in [0.2, 0.25) is 0 Å². The number of para-hydroxylation sites is 1. The van der Waals surface area contributed by atoms with Crippen molar-refractivity contribution in [1.29, 1.82) is 0 Å². The van der Waals surface area contributed by atoms with Crippen molar-refractivity contribution in [2.24, 2.45) is 0 Å². The molecule has 4 rings (SSSR count). The van der Waals surface area contributed by atoms with E-state index in [0.29, 0.717) is 23.3 Å². The number of hydrogen-bond donors (Lipinski definition) is 1. The number of benzene rings is 1. The van der Waals surface area contributed by atoms with E-state index in [1.54, 1.807) is 6.26 Å². The van der Waals surface area contributed by atoms with E-state index < -0.39 is 0 Å². The highest BCUT2D eigenvalue weighted by molar-refractivity contribution is 8.00. The third-order valence-electron chi connectivity index (χ3n) is 5.17. The maximum absolute atomic E-state index is 12.6. The van der Waals surface area contributed by atoms with Gasteiger partial charge in [0, 0.05) is 12.2 Å². The number of carbonyl (C=O) groups excluding carboxylic acids is 1. The first-order valence-electron chi connectivity index (χ1n) is 10.4. The van der Waals surface area contributed by atoms with Crippen LogP contribution in [0.4, 0.5) is 0 Å². The van der Waals surface area contributed by atoms with E-state index in [1.165, 1.54) is 36.6 Å². The second-order valence-electron chi connectivity index (χ2n) is 7.36. The minimum Gasteiger partial charge on any atom is -0.461 e. The molecule has 1 aliphatic carbocycles. The summed E-state index contributed by atoms with van der Waals surface area (Å²) in [5.74, 6) is 1.26. The maximum atomic E-state index is 12.6. The van der Waals surface area contributed by atoms with Gasteiger partial charge in [-0.15, -0.1) is 10.2 Å². The van der Waals surface area contributed by atoms with Crippen LogP contribution in [0.3, 0.4) is 0 Å². The van der Waals surface area contributed by atoms with Gasteiger partial charge in [-0.3, -0.25) is 9.36 Å². The number of allylic oxidation sites excluding steroid dienone is 1. The number of nitrogens with zero attached hydrogens (tertiary/aromatic N) is 3. The Hall–Kier alpha value is -2.80. The molecule has 1 atom stereocenters. The molecule has 156 valence electrons. The SMILES string of the molecule is CC(Sc1nnc(-c2ccco2)n1-c1ccccc1)C(=O)NCCC1=CCCCC1. The number of thioether (sulfide) groups is 1. The quantitative estimate of drug-likeness (QED) is 0.408. The highest BCUT2D eigenvalue weighted by atomic mass is 32.2. The fraction of sp³-hybridized carbons (Fsp3) is 0.348. The molecule has 3 aromatic rings. The molecule has 1 aliphatic rings. The molecule has 6 nitrogen and oxygen atoms in total. The largest absolute Gasteiger partial charge is 0.461 e. The number of aromatic nitrogens is 3. The monoisotopic (exact) mass is 422 g/mol. The molecule has 1 amide bonds. The Bertz CT molecular complexity index is 996. The summed E-state index contributed by atoms with van der Waals surface area (Å²) >= 11 is 1.40. The fourth-order valence-electron chi connectivity index (χ4n) is 3.55. The summed E-state index contributed by atoms with van der Waals surface area (Å²) < 4.78 is 7.47. The average Bonchev–Trinajstić information content (AvgIpc) is 3.45. The number of hydrogen-bond acceptors (Lipinski definition) is 5. The first kappa shape index (κ1) is 20.5. The zero-order valence-electron chi connectivity index (χ0n) is 17.1. The van der Waals surface area contributed by atoms with Gasteiger partial charge in [0.15, 0.2) is 10.9 Å². The minimum absolute atomic E-state index is 0.0126. The number of furan rings is 1. The minimum atomic E-state index is -0.290. The molecule has 1 N–H and O–H groups in total. The van der Waals surface area contributed by atoms with Crippen LogP contribution in [-0.2, 0) is 4.79 Å². The van der Waals surface area contributed by atoms with Crippen LogP contribution < -0.4 is 5.32 Å². The van der Waals surface area contributed by atoms with Gasteiger partial charge in [0.1, 0.15) is 0 Å². The third kappa shape index (κ3) is 4.84. The van der Waals surface area contributed by atoms with Gasteiger partial charge < -0.3 is 9.73 Å². The molecular formula is C23H26N4O2S. The van der Waals surface area contributed by atoms with Crippen molar-refractivity contribution >= 4 is 17.7 Å². The third-order valence-corrected chi connectivity index (χ3v) is 6.21. The zero-order chi connectivity index (χ0) is 20.8. The van der Waals surface area contributed by atoms with E-state index in [9.17, 15) is 4.79 Å². The Balaban J connectivity index is 1.46. The highest BCUT2D eigenvalue weighted by Crippen LogP contribution is 2.30. The standard InChI is InChI=1S/C23H26N4O2S/c1-17(22(28)24-15-14-18-9-4-2-5-10-18)30-23-26-25-21(20-13-8-16-29-20)27(23)19-11-6-3-7-12-19/h3,6-9,11-13,16-17H,2,4-5,10,14-15H2,1H3,(H,24,28). The van der Waals surface area contributed by atoms with Crippen LogP contribution in [0, 0.1) is 0 Å². The highest BCUT2D eigenvalue weighted by Gasteiger charge is 2.22. The predicted molar refractivity (Wildman–Crippen MR) is 119 cm³/mol. The smallest absolute Gasteiger partial charge is 0.233 e. The Morgan fingerprint density at radius 2 is 2.07 bits per heavy atom. The molecule has 0 aliphatic heterocycles. The van der Waals surface area contributed by atoms with Gasteiger partial charge in [-0.25, -0.2) is 0 Å². The van der Waals surface area contributed by atoms with E-state index in [1.807, 2.05) is 54.0 Å². The van der Waals surface area contributed by atoms with Crippen molar-refractivity contribution in [3.05, 3.63) is 60.4 Å². The van der Waals surface area contributed by atoms with Crippen LogP contribution in [0.25, 0.3) is 17.3 Å². The molecule has 1 unspecified atom stereocenters. The molecular weight excluding hydrogens is 396 g/mol. The van der Waals surface area contributed by atoms with E-state index in [4.69, 9.17) is 4.42 Å². The van der Waals surface area contributed by atoms with Crippen LogP contribution in [0.5, 0.6) is 0 Å². The van der Waals surface area contributed by atoms with Gasteiger partial charge in [-0.1, -0.05) is 41.6 Å². The lowest BCUT2D eigenvalue weighted by Crippen LogP contribution is -2.32. The molecule has 0 saturated carbocycles. The number of nitrogens with one attached hydrogen (secondary N) is 1. The molecule has 0 fully saturated rings. The van der Waals surface area contributed by atoms with Crippen LogP contribution in [-0.4, -0.2) is 32.5 Å². The lowest BCUT2D eigenvalue weighted by Gasteiger charge is -2.15. The summed E-state index contributed by atoms with van der Waals surface area (Å²) in [5.41, 5.74) is 2.39. The second kappa shape index (κ2) is 9.80. The van der Waals surface area contributed by atoms with Gasteiger partial charge in [-0.05, 0) is 63.3 Å². The maximum Gasteiger partial charge on any atom is 0.233 e. The molecule has 30 heavy (non-hydrogen) atoms. The van der Waals surface area contributed by atoms with E-state index in [2.05, 4.69) is 21.6 Å². The normalized spacial score (nSPS) is 14.9. The van der Waals surface area contributed by atoms with Crippen molar-refractivity contribution < 1.29 is 9.21 Å². The molecule has 0 spiro atoms.